The molecule has 1 aliphatic carbocycles. The second-order valence-corrected chi connectivity index (χ2v) is 4.37. The summed E-state index contributed by atoms with van der Waals surface area (Å²) in [5, 5.41) is 9.09. The number of carboxylic acids is 1. The molecule has 2 unspecified atom stereocenters. The van der Waals surface area contributed by atoms with Crippen LogP contribution in [0.5, 0.6) is 0 Å². The van der Waals surface area contributed by atoms with Crippen LogP contribution in [0.3, 0.4) is 0 Å². The van der Waals surface area contributed by atoms with Gasteiger partial charge in [-0.1, -0.05) is 20.8 Å². The van der Waals surface area contributed by atoms with Gasteiger partial charge >= 0.3 is 5.97 Å². The molecule has 3 heteroatoms. The minimum atomic E-state index is -0.689. The second kappa shape index (κ2) is 2.46. The van der Waals surface area contributed by atoms with Crippen molar-refractivity contribution >= 4 is 5.97 Å². The second-order valence-electron chi connectivity index (χ2n) is 4.37. The van der Waals surface area contributed by atoms with Crippen LogP contribution in [0.1, 0.15) is 27.2 Å². The van der Waals surface area contributed by atoms with Crippen LogP contribution in [0.15, 0.2) is 0 Å². The molecule has 12 heavy (non-hydrogen) atoms. The number of rotatable bonds is 3. The zero-order valence-corrected chi connectivity index (χ0v) is 7.92. The van der Waals surface area contributed by atoms with E-state index >= 15 is 0 Å². The predicted octanol–water partition coefficient (Wildman–Crippen LogP) is 1.08. The summed E-state index contributed by atoms with van der Waals surface area (Å²) in [6, 6.07) is 0. The van der Waals surface area contributed by atoms with Crippen molar-refractivity contribution in [3.8, 4) is 0 Å². The summed E-state index contributed by atoms with van der Waals surface area (Å²) in [6.45, 7) is 6.34. The molecule has 1 fully saturated rings. The first-order chi connectivity index (χ1) is 5.40. The Labute approximate surface area is 72.9 Å². The van der Waals surface area contributed by atoms with Crippen LogP contribution in [0, 0.1) is 16.7 Å². The summed E-state index contributed by atoms with van der Waals surface area (Å²) in [4.78, 5) is 11.0. The van der Waals surface area contributed by atoms with Gasteiger partial charge in [0.05, 0.1) is 5.41 Å². The fourth-order valence-corrected chi connectivity index (χ4v) is 2.31. The average molecular weight is 171 g/mol. The van der Waals surface area contributed by atoms with E-state index in [9.17, 15) is 4.79 Å². The molecule has 3 N–H and O–H groups in total. The van der Waals surface area contributed by atoms with Crippen molar-refractivity contribution in [2.45, 2.75) is 27.2 Å². The summed E-state index contributed by atoms with van der Waals surface area (Å²) in [6.07, 6.45) is 0.726. The van der Waals surface area contributed by atoms with E-state index in [1.54, 1.807) is 0 Å². The number of hydrogen-bond donors (Lipinski definition) is 2. The largest absolute Gasteiger partial charge is 0.481 e. The fourth-order valence-electron chi connectivity index (χ4n) is 2.31. The average Bonchev–Trinajstić information content (AvgIpc) is 2.59. The SMILES string of the molecule is CC(C)C1(C(=O)O)CC1(C)CN. The van der Waals surface area contributed by atoms with Crippen molar-refractivity contribution in [2.24, 2.45) is 22.5 Å². The minimum absolute atomic E-state index is 0.170. The lowest BCUT2D eigenvalue weighted by Crippen LogP contribution is -2.31. The van der Waals surface area contributed by atoms with Crippen molar-refractivity contribution in [1.29, 1.82) is 0 Å². The standard InChI is InChI=1S/C9H17NO2/c1-6(2)9(7(11)12)4-8(9,3)5-10/h6H,4-5,10H2,1-3H3,(H,11,12). The van der Waals surface area contributed by atoms with Gasteiger partial charge in [0.25, 0.3) is 0 Å². The van der Waals surface area contributed by atoms with Crippen molar-refractivity contribution in [1.82, 2.24) is 0 Å². The van der Waals surface area contributed by atoms with Crippen molar-refractivity contribution < 1.29 is 9.90 Å². The molecule has 0 radical (unpaired) electrons. The Kier molecular flexibility index (Phi) is 1.95. The number of carboxylic acid groups (broad SMARTS) is 1. The van der Waals surface area contributed by atoms with E-state index in [-0.39, 0.29) is 11.3 Å². The third-order valence-electron chi connectivity index (χ3n) is 3.44. The summed E-state index contributed by atoms with van der Waals surface area (Å²) >= 11 is 0. The highest BCUT2D eigenvalue weighted by Crippen LogP contribution is 2.67. The van der Waals surface area contributed by atoms with Crippen LogP contribution in [-0.2, 0) is 4.79 Å². The summed E-state index contributed by atoms with van der Waals surface area (Å²) in [5.41, 5.74) is 4.83. The maximum absolute atomic E-state index is 11.0. The van der Waals surface area contributed by atoms with Crippen LogP contribution in [-0.4, -0.2) is 17.6 Å². The molecule has 0 heterocycles. The van der Waals surface area contributed by atoms with Gasteiger partial charge in [0.1, 0.15) is 0 Å². The smallest absolute Gasteiger partial charge is 0.310 e. The van der Waals surface area contributed by atoms with Crippen LogP contribution < -0.4 is 5.73 Å². The van der Waals surface area contributed by atoms with Gasteiger partial charge in [-0.3, -0.25) is 4.79 Å². The molecule has 0 amide bonds. The van der Waals surface area contributed by atoms with Gasteiger partial charge in [0.2, 0.25) is 0 Å². The monoisotopic (exact) mass is 171 g/mol. The van der Waals surface area contributed by atoms with Gasteiger partial charge in [-0.05, 0) is 24.3 Å². The van der Waals surface area contributed by atoms with Crippen LogP contribution >= 0.6 is 0 Å². The number of nitrogens with two attached hydrogens (primary N) is 1. The molecular formula is C9H17NO2. The highest BCUT2D eigenvalue weighted by atomic mass is 16.4. The first kappa shape index (κ1) is 9.52. The van der Waals surface area contributed by atoms with Crippen LogP contribution in [0.25, 0.3) is 0 Å². The minimum Gasteiger partial charge on any atom is -0.481 e. The van der Waals surface area contributed by atoms with E-state index in [1.807, 2.05) is 20.8 Å². The lowest BCUT2D eigenvalue weighted by atomic mass is 9.84. The molecule has 0 aliphatic heterocycles. The molecule has 1 aliphatic rings. The molecule has 70 valence electrons. The van der Waals surface area contributed by atoms with Gasteiger partial charge in [-0.25, -0.2) is 0 Å². The first-order valence-corrected chi connectivity index (χ1v) is 4.34. The van der Waals surface area contributed by atoms with Crippen LogP contribution in [0.2, 0.25) is 0 Å². The Balaban J connectivity index is 2.89. The topological polar surface area (TPSA) is 63.3 Å². The summed E-state index contributed by atoms with van der Waals surface area (Å²) in [7, 11) is 0. The molecule has 0 bridgehead atoms. The van der Waals surface area contributed by atoms with E-state index in [0.29, 0.717) is 6.54 Å². The lowest BCUT2D eigenvalue weighted by Gasteiger charge is -2.21. The van der Waals surface area contributed by atoms with E-state index in [1.165, 1.54) is 0 Å². The molecule has 0 aromatic heterocycles. The molecule has 1 saturated carbocycles. The third-order valence-corrected chi connectivity index (χ3v) is 3.44. The normalized spacial score (nSPS) is 40.1. The first-order valence-electron chi connectivity index (χ1n) is 4.34. The van der Waals surface area contributed by atoms with Crippen LogP contribution in [0.4, 0.5) is 0 Å². The van der Waals surface area contributed by atoms with E-state index in [4.69, 9.17) is 10.8 Å². The van der Waals surface area contributed by atoms with Gasteiger partial charge < -0.3 is 10.8 Å². The van der Waals surface area contributed by atoms with E-state index in [0.717, 1.165) is 6.42 Å². The zero-order chi connectivity index (χ0) is 9.57. The molecule has 1 rings (SSSR count). The Bertz CT molecular complexity index is 215. The maximum Gasteiger partial charge on any atom is 0.310 e. The molecule has 0 aromatic rings. The van der Waals surface area contributed by atoms with E-state index in [2.05, 4.69) is 0 Å². The number of carbonyl (C=O) groups is 1. The number of hydrogen-bond acceptors (Lipinski definition) is 2. The maximum atomic E-state index is 11.0. The van der Waals surface area contributed by atoms with Gasteiger partial charge in [-0.15, -0.1) is 0 Å². The summed E-state index contributed by atoms with van der Waals surface area (Å²) in [5.74, 6) is -0.519. The van der Waals surface area contributed by atoms with Gasteiger partial charge in [0, 0.05) is 0 Å². The lowest BCUT2D eigenvalue weighted by molar-refractivity contribution is -0.146. The van der Waals surface area contributed by atoms with Gasteiger partial charge in [-0.2, -0.15) is 0 Å². The zero-order valence-electron chi connectivity index (χ0n) is 7.92. The predicted molar refractivity (Wildman–Crippen MR) is 46.7 cm³/mol. The molecule has 2 atom stereocenters. The van der Waals surface area contributed by atoms with Crippen molar-refractivity contribution in [3.63, 3.8) is 0 Å². The summed E-state index contributed by atoms with van der Waals surface area (Å²) < 4.78 is 0. The Morgan fingerprint density at radius 3 is 2.25 bits per heavy atom. The molecule has 0 saturated heterocycles. The molecular weight excluding hydrogens is 154 g/mol. The van der Waals surface area contributed by atoms with Crippen molar-refractivity contribution in [2.75, 3.05) is 6.54 Å². The molecule has 0 aromatic carbocycles. The quantitative estimate of drug-likeness (QED) is 0.668. The Morgan fingerprint density at radius 1 is 1.67 bits per heavy atom. The number of aliphatic carboxylic acids is 1. The van der Waals surface area contributed by atoms with Crippen molar-refractivity contribution in [3.05, 3.63) is 0 Å². The fraction of sp³-hybridized carbons (Fsp3) is 0.889. The Hall–Kier alpha value is -0.570. The highest BCUT2D eigenvalue weighted by Gasteiger charge is 2.70. The molecule has 3 nitrogen and oxygen atoms in total. The van der Waals surface area contributed by atoms with E-state index < -0.39 is 11.4 Å². The third kappa shape index (κ3) is 0.891. The van der Waals surface area contributed by atoms with Gasteiger partial charge in [0.15, 0.2) is 0 Å². The molecule has 0 spiro atoms. The Morgan fingerprint density at radius 2 is 2.17 bits per heavy atom. The highest BCUT2D eigenvalue weighted by molar-refractivity contribution is 5.80.